The second-order valence-corrected chi connectivity index (χ2v) is 12.8. The fourth-order valence-corrected chi connectivity index (χ4v) is 5.92. The van der Waals surface area contributed by atoms with Gasteiger partial charge in [-0.25, -0.2) is 8.42 Å². The highest BCUT2D eigenvalue weighted by molar-refractivity contribution is 7.92. The number of anilines is 1. The van der Waals surface area contributed by atoms with Crippen LogP contribution >= 0.6 is 34.8 Å². The van der Waals surface area contributed by atoms with Gasteiger partial charge in [0.25, 0.3) is 10.0 Å². The van der Waals surface area contributed by atoms with E-state index in [4.69, 9.17) is 34.8 Å². The molecule has 0 aliphatic heterocycles. The van der Waals surface area contributed by atoms with E-state index in [1.54, 1.807) is 43.3 Å². The molecule has 0 bridgehead atoms. The van der Waals surface area contributed by atoms with Gasteiger partial charge in [-0.1, -0.05) is 71.6 Å². The minimum absolute atomic E-state index is 0.00539. The molecule has 7 nitrogen and oxygen atoms in total. The van der Waals surface area contributed by atoms with Crippen molar-refractivity contribution in [3.8, 4) is 0 Å². The van der Waals surface area contributed by atoms with E-state index in [0.29, 0.717) is 11.4 Å². The zero-order chi connectivity index (χ0) is 29.6. The first-order chi connectivity index (χ1) is 18.8. The van der Waals surface area contributed by atoms with E-state index in [1.165, 1.54) is 35.2 Å². The lowest BCUT2D eigenvalue weighted by molar-refractivity contribution is -0.140. The first kappa shape index (κ1) is 31.7. The van der Waals surface area contributed by atoms with Gasteiger partial charge in [0.05, 0.1) is 20.6 Å². The summed E-state index contributed by atoms with van der Waals surface area (Å²) in [4.78, 5) is 28.6. The molecule has 3 rings (SSSR count). The number of halogens is 3. The van der Waals surface area contributed by atoms with Crippen molar-refractivity contribution in [2.24, 2.45) is 0 Å². The Morgan fingerprint density at radius 1 is 0.900 bits per heavy atom. The lowest BCUT2D eigenvalue weighted by Gasteiger charge is -2.33. The molecule has 0 heterocycles. The summed E-state index contributed by atoms with van der Waals surface area (Å²) in [6.07, 6.45) is 0.315. The number of hydrogen-bond donors (Lipinski definition) is 1. The summed E-state index contributed by atoms with van der Waals surface area (Å²) in [5.74, 6) is -0.898. The molecule has 2 amide bonds. The van der Waals surface area contributed by atoms with Crippen LogP contribution in [0.5, 0.6) is 0 Å². The Hall–Kier alpha value is -2.78. The van der Waals surface area contributed by atoms with Crippen LogP contribution in [0.1, 0.15) is 38.3 Å². The second kappa shape index (κ2) is 13.7. The molecule has 1 N–H and O–H groups in total. The number of amides is 2. The summed E-state index contributed by atoms with van der Waals surface area (Å²) >= 11 is 18.4. The Kier molecular flexibility index (Phi) is 10.9. The minimum Gasteiger partial charge on any atom is -0.352 e. The molecule has 3 aromatic carbocycles. The SMILES string of the molecule is CC[C@@H](C(=O)NC(C)C)N(Cc1ccc(Cl)cc1)C(=O)CN(c1ccc(Cl)c(Cl)c1)S(=O)(=O)c1ccc(C)cc1. The van der Waals surface area contributed by atoms with Gasteiger partial charge < -0.3 is 10.2 Å². The third kappa shape index (κ3) is 7.91. The van der Waals surface area contributed by atoms with Crippen molar-refractivity contribution in [3.05, 3.63) is 92.9 Å². The van der Waals surface area contributed by atoms with Gasteiger partial charge in [-0.15, -0.1) is 0 Å². The summed E-state index contributed by atoms with van der Waals surface area (Å²) in [5.41, 5.74) is 1.78. The van der Waals surface area contributed by atoms with Gasteiger partial charge in [0.2, 0.25) is 11.8 Å². The highest BCUT2D eigenvalue weighted by atomic mass is 35.5. The molecule has 0 aliphatic carbocycles. The maximum absolute atomic E-state index is 14.0. The average Bonchev–Trinajstić information content (AvgIpc) is 2.89. The second-order valence-electron chi connectivity index (χ2n) is 9.66. The Bertz CT molecular complexity index is 1450. The fraction of sp³-hybridized carbons (Fsp3) is 0.310. The summed E-state index contributed by atoms with van der Waals surface area (Å²) in [7, 11) is -4.21. The molecule has 0 saturated carbocycles. The van der Waals surface area contributed by atoms with Gasteiger partial charge in [0, 0.05) is 17.6 Å². The molecule has 0 saturated heterocycles. The van der Waals surface area contributed by atoms with Gasteiger partial charge >= 0.3 is 0 Å². The topological polar surface area (TPSA) is 86.8 Å². The number of rotatable bonds is 11. The zero-order valence-electron chi connectivity index (χ0n) is 22.7. The molecule has 1 atom stereocenters. The molecular weight excluding hydrogens is 593 g/mol. The highest BCUT2D eigenvalue weighted by Crippen LogP contribution is 2.31. The van der Waals surface area contributed by atoms with Crippen molar-refractivity contribution in [3.63, 3.8) is 0 Å². The van der Waals surface area contributed by atoms with Crippen LogP contribution in [-0.4, -0.2) is 43.8 Å². The summed E-state index contributed by atoms with van der Waals surface area (Å²) < 4.78 is 28.8. The number of carbonyl (C=O) groups excluding carboxylic acids is 2. The molecule has 0 unspecified atom stereocenters. The molecule has 0 aliphatic rings. The van der Waals surface area contributed by atoms with Gasteiger partial charge in [0.1, 0.15) is 12.6 Å². The first-order valence-electron chi connectivity index (χ1n) is 12.7. The van der Waals surface area contributed by atoms with Crippen LogP contribution in [0.25, 0.3) is 0 Å². The number of nitrogens with zero attached hydrogens (tertiary/aromatic N) is 2. The van der Waals surface area contributed by atoms with E-state index in [0.717, 1.165) is 15.4 Å². The van der Waals surface area contributed by atoms with E-state index in [2.05, 4.69) is 5.32 Å². The van der Waals surface area contributed by atoms with Crippen molar-refractivity contribution in [2.45, 2.75) is 57.6 Å². The molecular formula is C29H32Cl3N3O4S. The number of hydrogen-bond acceptors (Lipinski definition) is 4. The molecule has 3 aromatic rings. The number of benzene rings is 3. The standard InChI is InChI=1S/C29H32Cl3N3O4S/c1-5-27(29(37)33-19(2)3)34(17-21-8-10-22(30)11-9-21)28(36)18-35(23-12-15-25(31)26(32)16-23)40(38,39)24-13-6-20(4)7-14-24/h6-16,19,27H,5,17-18H2,1-4H3,(H,33,37)/t27-/m0/s1. The quantitative estimate of drug-likeness (QED) is 0.265. The predicted octanol–water partition coefficient (Wildman–Crippen LogP) is 6.48. The van der Waals surface area contributed by atoms with Crippen LogP contribution in [0.4, 0.5) is 5.69 Å². The number of carbonyl (C=O) groups is 2. The van der Waals surface area contributed by atoms with Gasteiger partial charge in [-0.05, 0) is 75.2 Å². The normalized spacial score (nSPS) is 12.2. The van der Waals surface area contributed by atoms with Crippen LogP contribution in [0.2, 0.25) is 15.1 Å². The monoisotopic (exact) mass is 623 g/mol. The third-order valence-corrected chi connectivity index (χ3v) is 8.94. The lowest BCUT2D eigenvalue weighted by atomic mass is 10.1. The van der Waals surface area contributed by atoms with Crippen molar-refractivity contribution < 1.29 is 18.0 Å². The van der Waals surface area contributed by atoms with E-state index in [9.17, 15) is 18.0 Å². The van der Waals surface area contributed by atoms with Gasteiger partial charge in [0.15, 0.2) is 0 Å². The summed E-state index contributed by atoms with van der Waals surface area (Å²) in [5, 5.41) is 3.77. The fourth-order valence-electron chi connectivity index (χ4n) is 4.09. The largest absolute Gasteiger partial charge is 0.352 e. The van der Waals surface area contributed by atoms with Crippen molar-refractivity contribution in [1.29, 1.82) is 0 Å². The Morgan fingerprint density at radius 3 is 2.08 bits per heavy atom. The smallest absolute Gasteiger partial charge is 0.264 e. The number of sulfonamides is 1. The minimum atomic E-state index is -4.21. The van der Waals surface area contributed by atoms with E-state index in [1.807, 2.05) is 20.8 Å². The lowest BCUT2D eigenvalue weighted by Crippen LogP contribution is -2.53. The zero-order valence-corrected chi connectivity index (χ0v) is 25.8. The van der Waals surface area contributed by atoms with Crippen LogP contribution in [-0.2, 0) is 26.2 Å². The van der Waals surface area contributed by atoms with E-state index in [-0.39, 0.29) is 39.1 Å². The maximum Gasteiger partial charge on any atom is 0.264 e. The molecule has 40 heavy (non-hydrogen) atoms. The predicted molar refractivity (Wildman–Crippen MR) is 162 cm³/mol. The average molecular weight is 625 g/mol. The summed E-state index contributed by atoms with van der Waals surface area (Å²) in [6.45, 7) is 6.80. The molecule has 0 aromatic heterocycles. The number of aryl methyl sites for hydroxylation is 1. The Labute approximate surface area is 251 Å². The molecule has 0 radical (unpaired) electrons. The number of nitrogens with one attached hydrogen (secondary N) is 1. The summed E-state index contributed by atoms with van der Waals surface area (Å²) in [6, 6.07) is 16.6. The van der Waals surface area contributed by atoms with Crippen molar-refractivity contribution in [2.75, 3.05) is 10.8 Å². The van der Waals surface area contributed by atoms with Gasteiger partial charge in [-0.2, -0.15) is 0 Å². The third-order valence-electron chi connectivity index (χ3n) is 6.16. The Morgan fingerprint density at radius 2 is 1.52 bits per heavy atom. The molecule has 11 heteroatoms. The van der Waals surface area contributed by atoms with Crippen LogP contribution in [0.15, 0.2) is 71.6 Å². The van der Waals surface area contributed by atoms with E-state index < -0.39 is 28.5 Å². The van der Waals surface area contributed by atoms with Crippen molar-refractivity contribution >= 4 is 62.3 Å². The van der Waals surface area contributed by atoms with Gasteiger partial charge in [-0.3, -0.25) is 13.9 Å². The molecule has 214 valence electrons. The van der Waals surface area contributed by atoms with Crippen LogP contribution in [0, 0.1) is 6.92 Å². The molecule has 0 fully saturated rings. The Balaban J connectivity index is 2.08. The highest BCUT2D eigenvalue weighted by Gasteiger charge is 2.34. The molecule has 0 spiro atoms. The first-order valence-corrected chi connectivity index (χ1v) is 15.3. The van der Waals surface area contributed by atoms with Crippen molar-refractivity contribution in [1.82, 2.24) is 10.2 Å². The maximum atomic E-state index is 14.0. The van der Waals surface area contributed by atoms with Crippen LogP contribution < -0.4 is 9.62 Å². The van der Waals surface area contributed by atoms with E-state index >= 15 is 0 Å². The van der Waals surface area contributed by atoms with Crippen LogP contribution in [0.3, 0.4) is 0 Å².